The summed E-state index contributed by atoms with van der Waals surface area (Å²) in [4.78, 5) is 14.1. The van der Waals surface area contributed by atoms with Gasteiger partial charge in [0.1, 0.15) is 5.82 Å². The number of hydrogen-bond donors (Lipinski definition) is 3. The highest BCUT2D eigenvalue weighted by Gasteiger charge is 2.15. The molecule has 0 aliphatic carbocycles. The van der Waals surface area contributed by atoms with Gasteiger partial charge in [0.25, 0.3) is 5.91 Å². The lowest BCUT2D eigenvalue weighted by molar-refractivity contribution is 0.100. The molecule has 82 valence electrons. The van der Waals surface area contributed by atoms with E-state index >= 15 is 0 Å². The minimum Gasteiger partial charge on any atom is -0.385 e. The van der Waals surface area contributed by atoms with Gasteiger partial charge < -0.3 is 16.5 Å². The third-order valence-electron chi connectivity index (χ3n) is 2.29. The van der Waals surface area contributed by atoms with Gasteiger partial charge in [-0.3, -0.25) is 4.79 Å². The molecule has 16 heavy (non-hydrogen) atoms. The van der Waals surface area contributed by atoms with Gasteiger partial charge in [0.05, 0.1) is 5.56 Å². The van der Waals surface area contributed by atoms with Crippen LogP contribution in [0.25, 0.3) is 11.1 Å². The molecule has 5 heteroatoms. The SMILES string of the molecule is NC(=O)c1c(-c2cccc(Br)c2)c[nH]c1N. The van der Waals surface area contributed by atoms with Gasteiger partial charge in [-0.05, 0) is 17.7 Å². The van der Waals surface area contributed by atoms with Crippen molar-refractivity contribution in [3.05, 3.63) is 40.5 Å². The average molecular weight is 280 g/mol. The number of nitrogens with two attached hydrogens (primary N) is 2. The molecular weight excluding hydrogens is 270 g/mol. The molecule has 0 radical (unpaired) electrons. The summed E-state index contributed by atoms with van der Waals surface area (Å²) in [6.45, 7) is 0. The second kappa shape index (κ2) is 4.02. The summed E-state index contributed by atoms with van der Waals surface area (Å²) in [7, 11) is 0. The van der Waals surface area contributed by atoms with Gasteiger partial charge in [-0.1, -0.05) is 28.1 Å². The maximum atomic E-state index is 11.3. The molecule has 0 aliphatic heterocycles. The van der Waals surface area contributed by atoms with E-state index in [-0.39, 0.29) is 0 Å². The number of primary amides is 1. The van der Waals surface area contributed by atoms with Crippen molar-refractivity contribution in [2.75, 3.05) is 5.73 Å². The van der Waals surface area contributed by atoms with Crippen molar-refractivity contribution in [1.29, 1.82) is 0 Å². The molecule has 2 aromatic rings. The molecule has 1 aromatic heterocycles. The van der Waals surface area contributed by atoms with Crippen molar-refractivity contribution >= 4 is 27.7 Å². The van der Waals surface area contributed by atoms with Crippen LogP contribution in [-0.4, -0.2) is 10.9 Å². The molecule has 1 aromatic carbocycles. The zero-order valence-corrected chi connectivity index (χ0v) is 9.91. The van der Waals surface area contributed by atoms with Crippen LogP contribution in [0.2, 0.25) is 0 Å². The number of rotatable bonds is 2. The van der Waals surface area contributed by atoms with Crippen molar-refractivity contribution < 1.29 is 4.79 Å². The van der Waals surface area contributed by atoms with E-state index in [4.69, 9.17) is 11.5 Å². The molecule has 0 bridgehead atoms. The highest BCUT2D eigenvalue weighted by molar-refractivity contribution is 9.10. The summed E-state index contributed by atoms with van der Waals surface area (Å²) < 4.78 is 0.931. The van der Waals surface area contributed by atoms with E-state index in [2.05, 4.69) is 20.9 Å². The molecule has 0 saturated carbocycles. The zero-order valence-electron chi connectivity index (χ0n) is 8.33. The fourth-order valence-corrected chi connectivity index (χ4v) is 1.99. The third kappa shape index (κ3) is 1.81. The molecule has 0 aliphatic rings. The van der Waals surface area contributed by atoms with Crippen molar-refractivity contribution in [2.24, 2.45) is 5.73 Å². The Labute approximate surface area is 101 Å². The number of benzene rings is 1. The summed E-state index contributed by atoms with van der Waals surface area (Å²) in [5.74, 6) is -0.240. The maximum absolute atomic E-state index is 11.3. The van der Waals surface area contributed by atoms with E-state index in [1.807, 2.05) is 24.3 Å². The lowest BCUT2D eigenvalue weighted by atomic mass is 10.0. The molecule has 5 N–H and O–H groups in total. The lowest BCUT2D eigenvalue weighted by Crippen LogP contribution is -2.13. The summed E-state index contributed by atoms with van der Waals surface area (Å²) in [6.07, 6.45) is 1.68. The third-order valence-corrected chi connectivity index (χ3v) is 2.79. The second-order valence-corrected chi connectivity index (χ2v) is 4.28. The first-order valence-corrected chi connectivity index (χ1v) is 5.41. The molecule has 0 fully saturated rings. The Morgan fingerprint density at radius 2 is 2.12 bits per heavy atom. The van der Waals surface area contributed by atoms with Crippen LogP contribution < -0.4 is 11.5 Å². The van der Waals surface area contributed by atoms with Crippen LogP contribution in [0.4, 0.5) is 5.82 Å². The molecule has 0 spiro atoms. The smallest absolute Gasteiger partial charge is 0.253 e. The Morgan fingerprint density at radius 1 is 1.38 bits per heavy atom. The topological polar surface area (TPSA) is 84.9 Å². The second-order valence-electron chi connectivity index (χ2n) is 3.37. The minimum absolute atomic E-state index is 0.294. The predicted molar refractivity (Wildman–Crippen MR) is 66.9 cm³/mol. The standard InChI is InChI=1S/C11H10BrN3O/c12-7-3-1-2-6(4-7)8-5-15-10(13)9(8)11(14)16/h1-5,15H,13H2,(H2,14,16). The molecule has 1 heterocycles. The van der Waals surface area contributed by atoms with Crippen LogP contribution in [0, 0.1) is 0 Å². The summed E-state index contributed by atoms with van der Waals surface area (Å²) in [6, 6.07) is 7.58. The van der Waals surface area contributed by atoms with E-state index in [1.54, 1.807) is 6.20 Å². The normalized spacial score (nSPS) is 10.3. The van der Waals surface area contributed by atoms with Gasteiger partial charge in [0, 0.05) is 16.2 Å². The number of carbonyl (C=O) groups is 1. The Hall–Kier alpha value is -1.75. The Kier molecular flexibility index (Phi) is 2.70. The number of hydrogen-bond acceptors (Lipinski definition) is 2. The quantitative estimate of drug-likeness (QED) is 0.787. The van der Waals surface area contributed by atoms with Crippen molar-refractivity contribution in [3.8, 4) is 11.1 Å². The van der Waals surface area contributed by atoms with Crippen LogP contribution in [0.1, 0.15) is 10.4 Å². The number of amides is 1. The lowest BCUT2D eigenvalue weighted by Gasteiger charge is -2.02. The first kappa shape index (κ1) is 10.8. The number of aromatic nitrogens is 1. The van der Waals surface area contributed by atoms with E-state index in [0.29, 0.717) is 16.9 Å². The van der Waals surface area contributed by atoms with E-state index in [0.717, 1.165) is 10.0 Å². The van der Waals surface area contributed by atoms with Crippen LogP contribution in [-0.2, 0) is 0 Å². The van der Waals surface area contributed by atoms with E-state index < -0.39 is 5.91 Å². The average Bonchev–Trinajstić information content (AvgIpc) is 2.60. The molecule has 1 amide bonds. The summed E-state index contributed by atoms with van der Waals surface area (Å²) in [5.41, 5.74) is 12.9. The van der Waals surface area contributed by atoms with Gasteiger partial charge in [-0.15, -0.1) is 0 Å². The summed E-state index contributed by atoms with van der Waals surface area (Å²) >= 11 is 3.37. The highest BCUT2D eigenvalue weighted by atomic mass is 79.9. The van der Waals surface area contributed by atoms with Crippen LogP contribution in [0.15, 0.2) is 34.9 Å². The van der Waals surface area contributed by atoms with Crippen molar-refractivity contribution in [2.45, 2.75) is 0 Å². The Balaban J connectivity index is 2.60. The van der Waals surface area contributed by atoms with Crippen molar-refractivity contribution in [3.63, 3.8) is 0 Å². The van der Waals surface area contributed by atoms with Gasteiger partial charge >= 0.3 is 0 Å². The fourth-order valence-electron chi connectivity index (χ4n) is 1.59. The Morgan fingerprint density at radius 3 is 2.75 bits per heavy atom. The van der Waals surface area contributed by atoms with E-state index in [9.17, 15) is 4.79 Å². The first-order chi connectivity index (χ1) is 7.59. The molecule has 2 rings (SSSR count). The van der Waals surface area contributed by atoms with Gasteiger partial charge in [-0.25, -0.2) is 0 Å². The zero-order chi connectivity index (χ0) is 11.7. The fraction of sp³-hybridized carbons (Fsp3) is 0. The molecular formula is C11H10BrN3O. The molecule has 0 unspecified atom stereocenters. The first-order valence-electron chi connectivity index (χ1n) is 4.62. The van der Waals surface area contributed by atoms with Gasteiger partial charge in [0.2, 0.25) is 0 Å². The monoisotopic (exact) mass is 279 g/mol. The molecule has 0 saturated heterocycles. The summed E-state index contributed by atoms with van der Waals surface area (Å²) in [5, 5.41) is 0. The van der Waals surface area contributed by atoms with Gasteiger partial charge in [-0.2, -0.15) is 0 Å². The number of nitrogen functional groups attached to an aromatic ring is 1. The number of aromatic amines is 1. The predicted octanol–water partition coefficient (Wildman–Crippen LogP) is 2.13. The van der Waals surface area contributed by atoms with Crippen LogP contribution in [0.5, 0.6) is 0 Å². The van der Waals surface area contributed by atoms with Gasteiger partial charge in [0.15, 0.2) is 0 Å². The van der Waals surface area contributed by atoms with Crippen LogP contribution >= 0.6 is 15.9 Å². The minimum atomic E-state index is -0.534. The maximum Gasteiger partial charge on any atom is 0.253 e. The molecule has 4 nitrogen and oxygen atoms in total. The van der Waals surface area contributed by atoms with Crippen molar-refractivity contribution in [1.82, 2.24) is 4.98 Å². The number of H-pyrrole nitrogens is 1. The number of nitrogens with one attached hydrogen (secondary N) is 1. The number of anilines is 1. The van der Waals surface area contributed by atoms with Crippen LogP contribution in [0.3, 0.4) is 0 Å². The highest BCUT2D eigenvalue weighted by Crippen LogP contribution is 2.29. The molecule has 0 atom stereocenters. The number of halogens is 1. The van der Waals surface area contributed by atoms with E-state index in [1.165, 1.54) is 0 Å². The number of carbonyl (C=O) groups excluding carboxylic acids is 1. The largest absolute Gasteiger partial charge is 0.385 e. The Bertz CT molecular complexity index is 548.